The summed E-state index contributed by atoms with van der Waals surface area (Å²) in [5, 5.41) is 8.13. The molecule has 3 rings (SSSR count). The molecule has 5 heteroatoms. The molecule has 116 valence electrons. The van der Waals surface area contributed by atoms with Crippen molar-refractivity contribution in [1.29, 1.82) is 0 Å². The minimum Gasteiger partial charge on any atom is -0.496 e. The Kier molecular flexibility index (Phi) is 4.88. The third-order valence-electron chi connectivity index (χ3n) is 3.27. The molecule has 0 saturated carbocycles. The Hall–Kier alpha value is -2.40. The van der Waals surface area contributed by atoms with Gasteiger partial charge in [-0.2, -0.15) is 0 Å². The number of halogens is 1. The summed E-state index contributed by atoms with van der Waals surface area (Å²) in [4.78, 5) is 0. The van der Waals surface area contributed by atoms with Crippen molar-refractivity contribution in [2.75, 3.05) is 7.11 Å². The second kappa shape index (κ2) is 7.24. The van der Waals surface area contributed by atoms with Gasteiger partial charge in [-0.15, -0.1) is 10.2 Å². The summed E-state index contributed by atoms with van der Waals surface area (Å²) in [5.74, 6) is 1.86. The summed E-state index contributed by atoms with van der Waals surface area (Å²) >= 11 is 3.46. The molecule has 0 radical (unpaired) electrons. The van der Waals surface area contributed by atoms with Crippen LogP contribution < -0.4 is 4.74 Å². The van der Waals surface area contributed by atoms with Crippen molar-refractivity contribution in [3.8, 4) is 5.75 Å². The first kappa shape index (κ1) is 15.5. The van der Waals surface area contributed by atoms with E-state index < -0.39 is 0 Å². The number of methoxy groups -OCH3 is 1. The Morgan fingerprint density at radius 1 is 1.09 bits per heavy atom. The van der Waals surface area contributed by atoms with Crippen molar-refractivity contribution in [2.24, 2.45) is 0 Å². The SMILES string of the molecule is COc1ccccc1C=Cc1nnc(Cc2cccc(Br)c2)o1. The zero-order valence-corrected chi connectivity index (χ0v) is 14.2. The number of benzene rings is 2. The van der Waals surface area contributed by atoms with Crippen molar-refractivity contribution < 1.29 is 9.15 Å². The van der Waals surface area contributed by atoms with E-state index in [0.29, 0.717) is 18.2 Å². The Labute approximate surface area is 142 Å². The van der Waals surface area contributed by atoms with Crippen LogP contribution in [0.1, 0.15) is 22.9 Å². The second-order valence-corrected chi connectivity index (χ2v) is 5.83. The highest BCUT2D eigenvalue weighted by Gasteiger charge is 2.05. The zero-order chi connectivity index (χ0) is 16.1. The molecule has 0 N–H and O–H groups in total. The van der Waals surface area contributed by atoms with Crippen LogP contribution in [0.5, 0.6) is 5.75 Å². The molecular formula is C18H15BrN2O2. The number of ether oxygens (including phenoxy) is 1. The first-order valence-corrected chi connectivity index (χ1v) is 7.92. The molecule has 23 heavy (non-hydrogen) atoms. The lowest BCUT2D eigenvalue weighted by Gasteiger charge is -2.02. The maximum absolute atomic E-state index is 5.66. The van der Waals surface area contributed by atoms with Crippen molar-refractivity contribution >= 4 is 28.1 Å². The molecule has 0 unspecified atom stereocenters. The summed E-state index contributed by atoms with van der Waals surface area (Å²) in [6.07, 6.45) is 4.29. The van der Waals surface area contributed by atoms with Crippen LogP contribution in [0.3, 0.4) is 0 Å². The Balaban J connectivity index is 1.73. The molecule has 0 aliphatic heterocycles. The molecule has 0 aliphatic rings. The number of hydrogen-bond donors (Lipinski definition) is 0. The summed E-state index contributed by atoms with van der Waals surface area (Å²) < 4.78 is 12.0. The van der Waals surface area contributed by atoms with Gasteiger partial charge >= 0.3 is 0 Å². The van der Waals surface area contributed by atoms with Gasteiger partial charge in [-0.1, -0.05) is 46.3 Å². The van der Waals surface area contributed by atoms with Gasteiger partial charge in [-0.3, -0.25) is 0 Å². The summed E-state index contributed by atoms with van der Waals surface area (Å²) in [6.45, 7) is 0. The highest BCUT2D eigenvalue weighted by Crippen LogP contribution is 2.20. The Morgan fingerprint density at radius 2 is 1.96 bits per heavy atom. The van der Waals surface area contributed by atoms with E-state index in [4.69, 9.17) is 9.15 Å². The molecule has 0 atom stereocenters. The lowest BCUT2D eigenvalue weighted by Crippen LogP contribution is -1.87. The highest BCUT2D eigenvalue weighted by molar-refractivity contribution is 9.10. The van der Waals surface area contributed by atoms with Gasteiger partial charge < -0.3 is 9.15 Å². The van der Waals surface area contributed by atoms with Crippen molar-refractivity contribution in [2.45, 2.75) is 6.42 Å². The number of para-hydroxylation sites is 1. The normalized spacial score (nSPS) is 11.0. The standard InChI is InChI=1S/C18H15BrN2O2/c1-22-16-8-3-2-6-14(16)9-10-17-20-21-18(23-17)12-13-5-4-7-15(19)11-13/h2-11H,12H2,1H3. The molecule has 3 aromatic rings. The fourth-order valence-corrected chi connectivity index (χ4v) is 2.64. The fraction of sp³-hybridized carbons (Fsp3) is 0.111. The smallest absolute Gasteiger partial charge is 0.240 e. The van der Waals surface area contributed by atoms with E-state index in [9.17, 15) is 0 Å². The lowest BCUT2D eigenvalue weighted by molar-refractivity contribution is 0.414. The van der Waals surface area contributed by atoms with E-state index in [1.165, 1.54) is 0 Å². The summed E-state index contributed by atoms with van der Waals surface area (Å²) in [6, 6.07) is 15.8. The van der Waals surface area contributed by atoms with E-state index in [1.54, 1.807) is 13.2 Å². The monoisotopic (exact) mass is 370 g/mol. The molecule has 4 nitrogen and oxygen atoms in total. The second-order valence-electron chi connectivity index (χ2n) is 4.92. The van der Waals surface area contributed by atoms with E-state index in [2.05, 4.69) is 26.1 Å². The van der Waals surface area contributed by atoms with Gasteiger partial charge in [-0.05, 0) is 29.8 Å². The fourth-order valence-electron chi connectivity index (χ4n) is 2.19. The summed E-state index contributed by atoms with van der Waals surface area (Å²) in [7, 11) is 1.65. The zero-order valence-electron chi connectivity index (χ0n) is 12.6. The minimum atomic E-state index is 0.473. The topological polar surface area (TPSA) is 48.2 Å². The van der Waals surface area contributed by atoms with Gasteiger partial charge in [0.1, 0.15) is 5.75 Å². The van der Waals surface area contributed by atoms with Crippen LogP contribution in [0.4, 0.5) is 0 Å². The first-order valence-electron chi connectivity index (χ1n) is 7.12. The van der Waals surface area contributed by atoms with Crippen molar-refractivity contribution in [1.82, 2.24) is 10.2 Å². The largest absolute Gasteiger partial charge is 0.496 e. The molecular weight excluding hydrogens is 356 g/mol. The quantitative estimate of drug-likeness (QED) is 0.658. The van der Waals surface area contributed by atoms with Crippen molar-refractivity contribution in [3.63, 3.8) is 0 Å². The molecule has 2 aromatic carbocycles. The third kappa shape index (κ3) is 4.07. The van der Waals surface area contributed by atoms with Crippen LogP contribution in [-0.2, 0) is 6.42 Å². The van der Waals surface area contributed by atoms with E-state index >= 15 is 0 Å². The predicted molar refractivity (Wildman–Crippen MR) is 93.2 cm³/mol. The van der Waals surface area contributed by atoms with Gasteiger partial charge in [-0.25, -0.2) is 0 Å². The molecule has 0 fully saturated rings. The highest BCUT2D eigenvalue weighted by atomic mass is 79.9. The van der Waals surface area contributed by atoms with E-state index in [1.807, 2.05) is 54.6 Å². The molecule has 0 aliphatic carbocycles. The number of hydrogen-bond acceptors (Lipinski definition) is 4. The molecule has 0 amide bonds. The van der Waals surface area contributed by atoms with Crippen LogP contribution in [0.25, 0.3) is 12.2 Å². The van der Waals surface area contributed by atoms with Gasteiger partial charge in [0.05, 0.1) is 13.5 Å². The maximum Gasteiger partial charge on any atom is 0.240 e. The van der Waals surface area contributed by atoms with Crippen LogP contribution in [0, 0.1) is 0 Å². The molecule has 1 aromatic heterocycles. The minimum absolute atomic E-state index is 0.473. The van der Waals surface area contributed by atoms with Crippen molar-refractivity contribution in [3.05, 3.63) is 75.9 Å². The van der Waals surface area contributed by atoms with E-state index in [-0.39, 0.29) is 0 Å². The van der Waals surface area contributed by atoms with Gasteiger partial charge in [0.2, 0.25) is 11.8 Å². The Morgan fingerprint density at radius 3 is 2.78 bits per heavy atom. The van der Waals surface area contributed by atoms with Crippen LogP contribution in [0.15, 0.2) is 57.4 Å². The average Bonchev–Trinajstić information content (AvgIpc) is 3.00. The third-order valence-corrected chi connectivity index (χ3v) is 3.76. The van der Waals surface area contributed by atoms with Gasteiger partial charge in [0.25, 0.3) is 0 Å². The lowest BCUT2D eigenvalue weighted by atomic mass is 10.1. The first-order chi connectivity index (χ1) is 11.2. The average molecular weight is 371 g/mol. The predicted octanol–water partition coefficient (Wildman–Crippen LogP) is 4.60. The van der Waals surface area contributed by atoms with Gasteiger partial charge in [0.15, 0.2) is 0 Å². The number of nitrogens with zero attached hydrogens (tertiary/aromatic N) is 2. The maximum atomic E-state index is 5.66. The molecule has 1 heterocycles. The molecule has 0 saturated heterocycles. The summed E-state index contributed by atoms with van der Waals surface area (Å²) in [5.41, 5.74) is 2.07. The Bertz CT molecular complexity index is 827. The molecule has 0 spiro atoms. The number of aromatic nitrogens is 2. The van der Waals surface area contributed by atoms with Gasteiger partial charge in [0, 0.05) is 16.1 Å². The number of rotatable bonds is 5. The van der Waals surface area contributed by atoms with E-state index in [0.717, 1.165) is 21.3 Å². The van der Waals surface area contributed by atoms with Crippen LogP contribution in [0.2, 0.25) is 0 Å². The van der Waals surface area contributed by atoms with Crippen LogP contribution in [-0.4, -0.2) is 17.3 Å². The van der Waals surface area contributed by atoms with Crippen LogP contribution >= 0.6 is 15.9 Å². The molecule has 0 bridgehead atoms.